The standard InChI is InChI=1S/C3H5N3O.2ClH/c7-1-3-4-2-5-6-3;;/h2,7H,1H2,(H,4,5,6);2*1H. The molecular formula is C3H7Cl2N3O. The van der Waals surface area contributed by atoms with Crippen molar-refractivity contribution in [2.75, 3.05) is 0 Å². The molecule has 0 bridgehead atoms. The molecule has 54 valence electrons. The fourth-order valence-corrected chi connectivity index (χ4v) is 0.307. The minimum absolute atomic E-state index is 0. The van der Waals surface area contributed by atoms with E-state index in [1.807, 2.05) is 0 Å². The van der Waals surface area contributed by atoms with Crippen molar-refractivity contribution >= 4 is 24.8 Å². The number of hydrogen-bond donors (Lipinski definition) is 2. The predicted octanol–water partition coefficient (Wildman–Crippen LogP) is 0.141. The number of aromatic nitrogens is 3. The number of aromatic amines is 1. The second-order valence-corrected chi connectivity index (χ2v) is 1.09. The van der Waals surface area contributed by atoms with Crippen LogP contribution in [0.4, 0.5) is 0 Å². The van der Waals surface area contributed by atoms with Crippen LogP contribution in [0.25, 0.3) is 0 Å². The first-order valence-corrected chi connectivity index (χ1v) is 1.88. The highest BCUT2D eigenvalue weighted by molar-refractivity contribution is 5.85. The van der Waals surface area contributed by atoms with E-state index in [-0.39, 0.29) is 31.4 Å². The van der Waals surface area contributed by atoms with Crippen molar-refractivity contribution in [3.63, 3.8) is 0 Å². The summed E-state index contributed by atoms with van der Waals surface area (Å²) >= 11 is 0. The molecule has 0 saturated carbocycles. The average Bonchev–Trinajstić information content (AvgIpc) is 2.14. The van der Waals surface area contributed by atoms with Gasteiger partial charge in [0.1, 0.15) is 18.8 Å². The topological polar surface area (TPSA) is 61.8 Å². The largest absolute Gasteiger partial charge is 0.388 e. The summed E-state index contributed by atoms with van der Waals surface area (Å²) < 4.78 is 0. The van der Waals surface area contributed by atoms with E-state index in [1.165, 1.54) is 6.33 Å². The third-order valence-electron chi connectivity index (χ3n) is 0.615. The second-order valence-electron chi connectivity index (χ2n) is 1.09. The summed E-state index contributed by atoms with van der Waals surface area (Å²) in [6, 6.07) is 0. The maximum absolute atomic E-state index is 8.29. The SMILES string of the molecule is Cl.Cl.OCc1ncn[nH]1. The molecule has 0 atom stereocenters. The number of rotatable bonds is 1. The summed E-state index contributed by atoms with van der Waals surface area (Å²) in [5.41, 5.74) is 0. The monoisotopic (exact) mass is 171 g/mol. The highest BCUT2D eigenvalue weighted by Crippen LogP contribution is 1.79. The van der Waals surface area contributed by atoms with E-state index in [0.717, 1.165) is 0 Å². The summed E-state index contributed by atoms with van der Waals surface area (Å²) in [4.78, 5) is 3.62. The molecule has 0 radical (unpaired) electrons. The molecular weight excluding hydrogens is 165 g/mol. The highest BCUT2D eigenvalue weighted by Gasteiger charge is 1.85. The number of aliphatic hydroxyl groups excluding tert-OH is 1. The molecule has 0 aliphatic rings. The Kier molecular flexibility index (Phi) is 7.41. The fraction of sp³-hybridized carbons (Fsp3) is 0.333. The van der Waals surface area contributed by atoms with E-state index in [2.05, 4.69) is 15.2 Å². The van der Waals surface area contributed by atoms with E-state index in [9.17, 15) is 0 Å². The first-order chi connectivity index (χ1) is 3.43. The van der Waals surface area contributed by atoms with Gasteiger partial charge in [0.05, 0.1) is 0 Å². The molecule has 0 fully saturated rings. The first kappa shape index (κ1) is 11.5. The Morgan fingerprint density at radius 3 is 2.44 bits per heavy atom. The van der Waals surface area contributed by atoms with Crippen molar-refractivity contribution in [2.45, 2.75) is 6.61 Å². The lowest BCUT2D eigenvalue weighted by molar-refractivity contribution is 0.272. The lowest BCUT2D eigenvalue weighted by Gasteiger charge is -1.77. The van der Waals surface area contributed by atoms with Crippen LogP contribution >= 0.6 is 24.8 Å². The molecule has 0 aliphatic carbocycles. The van der Waals surface area contributed by atoms with Crippen LogP contribution in [-0.4, -0.2) is 20.3 Å². The Labute approximate surface area is 64.5 Å². The zero-order valence-corrected chi connectivity index (χ0v) is 6.08. The van der Waals surface area contributed by atoms with Gasteiger partial charge in [-0.1, -0.05) is 0 Å². The Hall–Kier alpha value is -0.320. The summed E-state index contributed by atoms with van der Waals surface area (Å²) in [6.07, 6.45) is 1.35. The van der Waals surface area contributed by atoms with Gasteiger partial charge in [-0.05, 0) is 0 Å². The smallest absolute Gasteiger partial charge is 0.149 e. The lowest BCUT2D eigenvalue weighted by Crippen LogP contribution is -1.83. The predicted molar refractivity (Wildman–Crippen MR) is 36.8 cm³/mol. The number of nitrogens with zero attached hydrogens (tertiary/aromatic N) is 2. The molecule has 1 heterocycles. The average molecular weight is 172 g/mol. The van der Waals surface area contributed by atoms with Crippen LogP contribution in [-0.2, 0) is 6.61 Å². The van der Waals surface area contributed by atoms with Gasteiger partial charge < -0.3 is 5.11 Å². The zero-order valence-electron chi connectivity index (χ0n) is 4.44. The van der Waals surface area contributed by atoms with E-state index in [1.54, 1.807) is 0 Å². The van der Waals surface area contributed by atoms with Gasteiger partial charge in [-0.25, -0.2) is 4.98 Å². The van der Waals surface area contributed by atoms with E-state index < -0.39 is 0 Å². The molecule has 1 aromatic heterocycles. The van der Waals surface area contributed by atoms with Crippen LogP contribution in [0.1, 0.15) is 5.82 Å². The van der Waals surface area contributed by atoms with Gasteiger partial charge in [-0.2, -0.15) is 5.10 Å². The van der Waals surface area contributed by atoms with Crippen molar-refractivity contribution in [2.24, 2.45) is 0 Å². The number of aliphatic hydroxyl groups is 1. The third kappa shape index (κ3) is 3.29. The quantitative estimate of drug-likeness (QED) is 0.633. The number of nitrogens with one attached hydrogen (secondary N) is 1. The number of halogens is 2. The van der Waals surface area contributed by atoms with E-state index in [0.29, 0.717) is 5.82 Å². The minimum Gasteiger partial charge on any atom is -0.388 e. The summed E-state index contributed by atoms with van der Waals surface area (Å²) in [5, 5.41) is 14.3. The molecule has 0 aliphatic heterocycles. The van der Waals surface area contributed by atoms with Gasteiger partial charge >= 0.3 is 0 Å². The summed E-state index contributed by atoms with van der Waals surface area (Å²) in [6.45, 7) is -0.0694. The van der Waals surface area contributed by atoms with Gasteiger partial charge in [0.2, 0.25) is 0 Å². The van der Waals surface area contributed by atoms with E-state index in [4.69, 9.17) is 5.11 Å². The van der Waals surface area contributed by atoms with Crippen molar-refractivity contribution in [1.29, 1.82) is 0 Å². The van der Waals surface area contributed by atoms with Crippen LogP contribution in [0.5, 0.6) is 0 Å². The molecule has 1 rings (SSSR count). The second kappa shape index (κ2) is 5.81. The van der Waals surface area contributed by atoms with Crippen molar-refractivity contribution in [3.8, 4) is 0 Å². The normalized spacial score (nSPS) is 7.22. The molecule has 1 aromatic rings. The molecule has 4 nitrogen and oxygen atoms in total. The maximum atomic E-state index is 8.29. The number of hydrogen-bond acceptors (Lipinski definition) is 3. The summed E-state index contributed by atoms with van der Waals surface area (Å²) in [7, 11) is 0. The molecule has 0 amide bonds. The Morgan fingerprint density at radius 2 is 2.22 bits per heavy atom. The van der Waals surface area contributed by atoms with Gasteiger partial charge in [0.25, 0.3) is 0 Å². The van der Waals surface area contributed by atoms with Crippen LogP contribution < -0.4 is 0 Å². The summed E-state index contributed by atoms with van der Waals surface area (Å²) in [5.74, 6) is 0.500. The zero-order chi connectivity index (χ0) is 5.11. The number of H-pyrrole nitrogens is 1. The Morgan fingerprint density at radius 1 is 1.56 bits per heavy atom. The van der Waals surface area contributed by atoms with Crippen LogP contribution in [0.15, 0.2) is 6.33 Å². The van der Waals surface area contributed by atoms with Crippen LogP contribution in [0.2, 0.25) is 0 Å². The van der Waals surface area contributed by atoms with Crippen molar-refractivity contribution in [3.05, 3.63) is 12.2 Å². The van der Waals surface area contributed by atoms with Crippen molar-refractivity contribution < 1.29 is 5.11 Å². The fourth-order valence-electron chi connectivity index (χ4n) is 0.307. The lowest BCUT2D eigenvalue weighted by atomic mass is 10.7. The Bertz CT molecular complexity index is 132. The van der Waals surface area contributed by atoms with E-state index >= 15 is 0 Å². The molecule has 0 saturated heterocycles. The maximum Gasteiger partial charge on any atom is 0.149 e. The first-order valence-electron chi connectivity index (χ1n) is 1.88. The van der Waals surface area contributed by atoms with Crippen LogP contribution in [0, 0.1) is 0 Å². The van der Waals surface area contributed by atoms with Gasteiger partial charge in [-0.3, -0.25) is 5.10 Å². The molecule has 0 unspecified atom stereocenters. The van der Waals surface area contributed by atoms with Crippen molar-refractivity contribution in [1.82, 2.24) is 15.2 Å². The van der Waals surface area contributed by atoms with Gasteiger partial charge in [-0.15, -0.1) is 24.8 Å². The third-order valence-corrected chi connectivity index (χ3v) is 0.615. The Balaban J connectivity index is 0. The van der Waals surface area contributed by atoms with Gasteiger partial charge in [0, 0.05) is 0 Å². The van der Waals surface area contributed by atoms with Gasteiger partial charge in [0.15, 0.2) is 0 Å². The molecule has 6 heteroatoms. The molecule has 0 aromatic carbocycles. The van der Waals surface area contributed by atoms with Crippen LogP contribution in [0.3, 0.4) is 0 Å². The molecule has 9 heavy (non-hydrogen) atoms. The minimum atomic E-state index is -0.0694. The molecule has 2 N–H and O–H groups in total. The molecule has 0 spiro atoms. The highest BCUT2D eigenvalue weighted by atomic mass is 35.5.